The van der Waals surface area contributed by atoms with Crippen molar-refractivity contribution in [3.63, 3.8) is 0 Å². The van der Waals surface area contributed by atoms with E-state index in [2.05, 4.69) is 16.1 Å². The third kappa shape index (κ3) is 3.49. The summed E-state index contributed by atoms with van der Waals surface area (Å²) < 4.78 is 119. The van der Waals surface area contributed by atoms with Crippen molar-refractivity contribution in [3.8, 4) is 0 Å². The van der Waals surface area contributed by atoms with E-state index >= 15 is 0 Å². The van der Waals surface area contributed by atoms with Crippen LogP contribution in [0, 0.1) is 5.92 Å². The van der Waals surface area contributed by atoms with E-state index in [1.165, 1.54) is 0 Å². The summed E-state index contributed by atoms with van der Waals surface area (Å²) in [5.41, 5.74) is -3.77. The quantitative estimate of drug-likeness (QED) is 0.416. The Kier molecular flexibility index (Phi) is 5.81. The molecular formula is C16H18F8O4. The number of carbonyl (C=O) groups excluding carboxylic acids is 1. The molecule has 2 rings (SSSR count). The van der Waals surface area contributed by atoms with Gasteiger partial charge in [-0.3, -0.25) is 0 Å². The number of hydrogen-bond acceptors (Lipinski definition) is 4. The molecule has 28 heavy (non-hydrogen) atoms. The van der Waals surface area contributed by atoms with Gasteiger partial charge >= 0.3 is 30.0 Å². The van der Waals surface area contributed by atoms with Gasteiger partial charge in [-0.25, -0.2) is 4.79 Å². The molecule has 3 unspecified atom stereocenters. The summed E-state index contributed by atoms with van der Waals surface area (Å²) in [6.07, 6.45) is -16.1. The Labute approximate surface area is 154 Å². The molecule has 0 aromatic carbocycles. The molecule has 1 N–H and O–H groups in total. The summed E-state index contributed by atoms with van der Waals surface area (Å²) >= 11 is 0. The second kappa shape index (κ2) is 7.12. The molecule has 1 heterocycles. The van der Waals surface area contributed by atoms with E-state index in [0.29, 0.717) is 12.5 Å². The van der Waals surface area contributed by atoms with E-state index in [1.54, 1.807) is 0 Å². The lowest BCUT2D eigenvalue weighted by Crippen LogP contribution is -2.76. The Morgan fingerprint density at radius 3 is 2.04 bits per heavy atom. The number of rotatable bonds is 3. The number of aliphatic hydroxyl groups is 1. The van der Waals surface area contributed by atoms with Gasteiger partial charge in [0.1, 0.15) is 0 Å². The number of halogens is 8. The van der Waals surface area contributed by atoms with E-state index in [4.69, 9.17) is 0 Å². The Bertz CT molecular complexity index is 611. The zero-order valence-corrected chi connectivity index (χ0v) is 14.4. The van der Waals surface area contributed by atoms with Crippen LogP contribution in [0.3, 0.4) is 0 Å². The van der Waals surface area contributed by atoms with Crippen molar-refractivity contribution < 1.29 is 54.5 Å². The van der Waals surface area contributed by atoms with Gasteiger partial charge in [-0.1, -0.05) is 25.8 Å². The molecule has 0 spiro atoms. The standard InChI is InChI=1S/C16H18F8O4/c1-2-11(25)27-10-8-12(15(19,20)21,9-6-4-3-5-7-9)28-14(26,13(10,17)18)16(22,23)24/h2,9-10,26H,1,3-8H2. The van der Waals surface area contributed by atoms with Gasteiger partial charge < -0.3 is 14.6 Å². The van der Waals surface area contributed by atoms with Crippen LogP contribution in [0.15, 0.2) is 12.7 Å². The lowest BCUT2D eigenvalue weighted by molar-refractivity contribution is -0.511. The zero-order valence-electron chi connectivity index (χ0n) is 14.4. The molecular weight excluding hydrogens is 408 g/mol. The van der Waals surface area contributed by atoms with Crippen LogP contribution in [0.2, 0.25) is 0 Å². The van der Waals surface area contributed by atoms with Gasteiger partial charge in [0.05, 0.1) is 0 Å². The molecule has 1 aliphatic carbocycles. The minimum atomic E-state index is -6.30. The van der Waals surface area contributed by atoms with Gasteiger partial charge in [0.2, 0.25) is 0 Å². The van der Waals surface area contributed by atoms with Crippen LogP contribution in [-0.2, 0) is 14.3 Å². The molecule has 2 aliphatic rings. The molecule has 1 saturated carbocycles. The van der Waals surface area contributed by atoms with Crippen molar-refractivity contribution in [2.45, 2.75) is 74.3 Å². The first-order valence-corrected chi connectivity index (χ1v) is 8.39. The van der Waals surface area contributed by atoms with E-state index in [-0.39, 0.29) is 25.7 Å². The molecule has 2 fully saturated rings. The molecule has 4 nitrogen and oxygen atoms in total. The second-order valence-corrected chi connectivity index (χ2v) is 6.92. The highest BCUT2D eigenvalue weighted by Gasteiger charge is 2.83. The SMILES string of the molecule is C=CC(=O)OC1CC(C2CCCCC2)(C(F)(F)F)OC(O)(C(F)(F)F)C1(F)F. The largest absolute Gasteiger partial charge is 0.452 e. The van der Waals surface area contributed by atoms with Gasteiger partial charge in [-0.2, -0.15) is 35.1 Å². The summed E-state index contributed by atoms with van der Waals surface area (Å²) in [5.74, 6) is -14.2. The van der Waals surface area contributed by atoms with Crippen LogP contribution in [0.25, 0.3) is 0 Å². The summed E-state index contributed by atoms with van der Waals surface area (Å²) in [7, 11) is 0. The third-order valence-electron chi connectivity index (χ3n) is 5.23. The lowest BCUT2D eigenvalue weighted by Gasteiger charge is -2.55. The van der Waals surface area contributed by atoms with Crippen LogP contribution < -0.4 is 0 Å². The molecule has 0 aromatic heterocycles. The van der Waals surface area contributed by atoms with E-state index in [1.807, 2.05) is 0 Å². The summed E-state index contributed by atoms with van der Waals surface area (Å²) in [4.78, 5) is 11.3. The predicted octanol–water partition coefficient (Wildman–Crippen LogP) is 4.27. The number of esters is 1. The van der Waals surface area contributed by atoms with E-state index in [9.17, 15) is 45.0 Å². The topological polar surface area (TPSA) is 55.8 Å². The highest BCUT2D eigenvalue weighted by atomic mass is 19.4. The van der Waals surface area contributed by atoms with Crippen molar-refractivity contribution in [2.75, 3.05) is 0 Å². The smallest absolute Gasteiger partial charge is 0.449 e. The monoisotopic (exact) mass is 426 g/mol. The molecule has 1 aliphatic heterocycles. The second-order valence-electron chi connectivity index (χ2n) is 6.92. The van der Waals surface area contributed by atoms with Crippen LogP contribution >= 0.6 is 0 Å². The fraction of sp³-hybridized carbons (Fsp3) is 0.812. The van der Waals surface area contributed by atoms with Crippen LogP contribution in [0.5, 0.6) is 0 Å². The number of ether oxygens (including phenoxy) is 2. The van der Waals surface area contributed by atoms with Crippen molar-refractivity contribution in [2.24, 2.45) is 5.92 Å². The fourth-order valence-electron chi connectivity index (χ4n) is 3.77. The highest BCUT2D eigenvalue weighted by Crippen LogP contribution is 2.60. The molecule has 1 saturated heterocycles. The molecule has 162 valence electrons. The fourth-order valence-corrected chi connectivity index (χ4v) is 3.77. The molecule has 12 heteroatoms. The number of alkyl halides is 8. The maximum atomic E-state index is 14.4. The van der Waals surface area contributed by atoms with Crippen LogP contribution in [0.1, 0.15) is 38.5 Å². The van der Waals surface area contributed by atoms with Crippen molar-refractivity contribution in [1.82, 2.24) is 0 Å². The summed E-state index contributed by atoms with van der Waals surface area (Å²) in [6, 6.07) is 0. The summed E-state index contributed by atoms with van der Waals surface area (Å²) in [5, 5.41) is 9.71. The summed E-state index contributed by atoms with van der Waals surface area (Å²) in [6.45, 7) is 2.88. The lowest BCUT2D eigenvalue weighted by atomic mass is 9.70. The first-order valence-electron chi connectivity index (χ1n) is 8.39. The predicted molar refractivity (Wildman–Crippen MR) is 77.1 cm³/mol. The Morgan fingerprint density at radius 1 is 1.07 bits per heavy atom. The molecule has 0 radical (unpaired) electrons. The Hall–Kier alpha value is -1.43. The van der Waals surface area contributed by atoms with Gasteiger partial charge in [-0.15, -0.1) is 0 Å². The van der Waals surface area contributed by atoms with Gasteiger partial charge in [0.15, 0.2) is 11.7 Å². The van der Waals surface area contributed by atoms with Crippen LogP contribution in [0.4, 0.5) is 35.1 Å². The van der Waals surface area contributed by atoms with Gasteiger partial charge in [-0.05, 0) is 18.8 Å². The first-order chi connectivity index (χ1) is 12.6. The van der Waals surface area contributed by atoms with Crippen molar-refractivity contribution in [3.05, 3.63) is 12.7 Å². The van der Waals surface area contributed by atoms with Gasteiger partial charge in [0.25, 0.3) is 0 Å². The molecule has 0 bridgehead atoms. The third-order valence-corrected chi connectivity index (χ3v) is 5.23. The van der Waals surface area contributed by atoms with Crippen LogP contribution in [-0.4, -0.2) is 46.8 Å². The molecule has 0 aromatic rings. The average Bonchev–Trinajstić information content (AvgIpc) is 2.57. The average molecular weight is 426 g/mol. The van der Waals surface area contributed by atoms with Crippen molar-refractivity contribution >= 4 is 5.97 Å². The Morgan fingerprint density at radius 2 is 1.61 bits per heavy atom. The Balaban J connectivity index is 2.65. The van der Waals surface area contributed by atoms with E-state index < -0.39 is 54.1 Å². The molecule has 0 amide bonds. The minimum absolute atomic E-state index is 0.212. The van der Waals surface area contributed by atoms with Gasteiger partial charge in [0, 0.05) is 12.5 Å². The number of carbonyl (C=O) groups is 1. The normalized spacial score (nSPS) is 34.7. The zero-order chi connectivity index (χ0) is 21.6. The minimum Gasteiger partial charge on any atom is -0.452 e. The maximum Gasteiger partial charge on any atom is 0.449 e. The van der Waals surface area contributed by atoms with E-state index in [0.717, 1.165) is 0 Å². The first kappa shape index (κ1) is 22.9. The van der Waals surface area contributed by atoms with Crippen molar-refractivity contribution in [1.29, 1.82) is 0 Å². The highest BCUT2D eigenvalue weighted by molar-refractivity contribution is 5.81. The maximum absolute atomic E-state index is 14.4. The number of hydrogen-bond donors (Lipinski definition) is 1. The molecule has 3 atom stereocenters.